The van der Waals surface area contributed by atoms with Crippen molar-refractivity contribution in [1.82, 2.24) is 19.3 Å². The van der Waals surface area contributed by atoms with Crippen molar-refractivity contribution in [3.63, 3.8) is 0 Å². The number of pyridine rings is 1. The summed E-state index contributed by atoms with van der Waals surface area (Å²) in [5.41, 5.74) is 2.99. The van der Waals surface area contributed by atoms with Gasteiger partial charge in [-0.05, 0) is 12.1 Å². The first-order valence-electron chi connectivity index (χ1n) is 4.71. The van der Waals surface area contributed by atoms with Gasteiger partial charge in [0.2, 0.25) is 0 Å². The molecule has 0 saturated heterocycles. The predicted molar refractivity (Wildman–Crippen MR) is 58.6 cm³/mol. The van der Waals surface area contributed by atoms with Crippen LogP contribution in [0.25, 0.3) is 0 Å². The minimum Gasteiger partial charge on any atom is -0.308 e. The maximum absolute atomic E-state index is 11.5. The molecular weight excluding hydrogens is 208 g/mol. The van der Waals surface area contributed by atoms with Gasteiger partial charge >= 0.3 is 5.69 Å². The van der Waals surface area contributed by atoms with Crippen molar-refractivity contribution in [1.29, 1.82) is 0 Å². The number of hydrogen-bond donors (Lipinski definition) is 2. The normalized spacial score (nSPS) is 10.4. The predicted octanol–water partition coefficient (Wildman–Crippen LogP) is -0.689. The monoisotopic (exact) mass is 220 g/mol. The molecule has 0 amide bonds. The highest BCUT2D eigenvalue weighted by molar-refractivity contribution is 5.33. The molecule has 2 rings (SSSR count). The van der Waals surface area contributed by atoms with E-state index >= 15 is 0 Å². The first kappa shape index (κ1) is 10.4. The Kier molecular flexibility index (Phi) is 2.69. The van der Waals surface area contributed by atoms with E-state index in [4.69, 9.17) is 5.84 Å². The Morgan fingerprint density at radius 3 is 2.94 bits per heavy atom. The molecule has 0 radical (unpaired) electrons. The number of aromatic nitrogens is 4. The topological polar surface area (TPSA) is 90.8 Å². The van der Waals surface area contributed by atoms with E-state index in [1.807, 2.05) is 12.1 Å². The van der Waals surface area contributed by atoms with Crippen molar-refractivity contribution in [2.24, 2.45) is 12.9 Å². The molecule has 2 aromatic rings. The average molecular weight is 220 g/mol. The number of nitrogens with one attached hydrogen (secondary N) is 1. The SMILES string of the molecule is Cn1cnn(Cc2cccc(NN)n2)c1=O. The Bertz CT molecular complexity index is 543. The van der Waals surface area contributed by atoms with E-state index in [0.29, 0.717) is 12.4 Å². The van der Waals surface area contributed by atoms with Gasteiger partial charge in [-0.1, -0.05) is 6.07 Å². The third kappa shape index (κ3) is 1.94. The van der Waals surface area contributed by atoms with Gasteiger partial charge in [-0.2, -0.15) is 5.10 Å². The summed E-state index contributed by atoms with van der Waals surface area (Å²) in [4.78, 5) is 15.7. The Morgan fingerprint density at radius 2 is 2.31 bits per heavy atom. The second-order valence-electron chi connectivity index (χ2n) is 3.34. The fourth-order valence-electron chi connectivity index (χ4n) is 1.33. The molecule has 0 aliphatic rings. The molecule has 2 heterocycles. The third-order valence-electron chi connectivity index (χ3n) is 2.15. The number of nitrogen functional groups attached to an aromatic ring is 1. The zero-order valence-electron chi connectivity index (χ0n) is 8.79. The summed E-state index contributed by atoms with van der Waals surface area (Å²) >= 11 is 0. The van der Waals surface area contributed by atoms with Gasteiger partial charge in [0.25, 0.3) is 0 Å². The zero-order valence-corrected chi connectivity index (χ0v) is 8.79. The Labute approximate surface area is 91.5 Å². The van der Waals surface area contributed by atoms with Gasteiger partial charge in [0.15, 0.2) is 0 Å². The molecule has 0 bridgehead atoms. The number of hydrogen-bond acceptors (Lipinski definition) is 5. The van der Waals surface area contributed by atoms with Gasteiger partial charge in [0.1, 0.15) is 12.1 Å². The van der Waals surface area contributed by atoms with Gasteiger partial charge in [0.05, 0.1) is 12.2 Å². The van der Waals surface area contributed by atoms with Gasteiger partial charge in [-0.3, -0.25) is 4.57 Å². The molecule has 0 aromatic carbocycles. The summed E-state index contributed by atoms with van der Waals surface area (Å²) in [5.74, 6) is 5.80. The molecule has 16 heavy (non-hydrogen) atoms. The highest BCUT2D eigenvalue weighted by Gasteiger charge is 2.03. The van der Waals surface area contributed by atoms with Crippen LogP contribution < -0.4 is 17.0 Å². The largest absolute Gasteiger partial charge is 0.345 e. The van der Waals surface area contributed by atoms with Crippen molar-refractivity contribution < 1.29 is 0 Å². The molecule has 0 fully saturated rings. The van der Waals surface area contributed by atoms with Crippen LogP contribution in [0.15, 0.2) is 29.3 Å². The number of anilines is 1. The van der Waals surface area contributed by atoms with Crippen LogP contribution in [0, 0.1) is 0 Å². The number of aryl methyl sites for hydroxylation is 1. The van der Waals surface area contributed by atoms with Crippen LogP contribution in [-0.4, -0.2) is 19.3 Å². The molecule has 2 aromatic heterocycles. The van der Waals surface area contributed by atoms with Crippen LogP contribution in [0.2, 0.25) is 0 Å². The third-order valence-corrected chi connectivity index (χ3v) is 2.15. The number of nitrogens with two attached hydrogens (primary N) is 1. The summed E-state index contributed by atoms with van der Waals surface area (Å²) in [5, 5.41) is 3.94. The van der Waals surface area contributed by atoms with Crippen molar-refractivity contribution in [3.05, 3.63) is 40.7 Å². The lowest BCUT2D eigenvalue weighted by atomic mass is 10.3. The second kappa shape index (κ2) is 4.15. The van der Waals surface area contributed by atoms with Crippen molar-refractivity contribution in [3.8, 4) is 0 Å². The van der Waals surface area contributed by atoms with Gasteiger partial charge in [-0.15, -0.1) is 0 Å². The van der Waals surface area contributed by atoms with Crippen LogP contribution in [0.3, 0.4) is 0 Å². The molecule has 7 heteroatoms. The standard InChI is InChI=1S/C9H12N6O/c1-14-6-11-15(9(14)16)5-7-3-2-4-8(12-7)13-10/h2-4,6H,5,10H2,1H3,(H,12,13). The van der Waals surface area contributed by atoms with Crippen LogP contribution in [0.1, 0.15) is 5.69 Å². The molecule has 0 atom stereocenters. The van der Waals surface area contributed by atoms with Gasteiger partial charge < -0.3 is 5.43 Å². The smallest absolute Gasteiger partial charge is 0.308 e. The summed E-state index contributed by atoms with van der Waals surface area (Å²) in [7, 11) is 1.65. The maximum Gasteiger partial charge on any atom is 0.345 e. The van der Waals surface area contributed by atoms with Crippen molar-refractivity contribution in [2.75, 3.05) is 5.43 Å². The molecule has 0 aliphatic heterocycles. The summed E-state index contributed by atoms with van der Waals surface area (Å²) in [6, 6.07) is 5.36. The summed E-state index contributed by atoms with van der Waals surface area (Å²) in [6.45, 7) is 0.329. The maximum atomic E-state index is 11.5. The lowest BCUT2D eigenvalue weighted by molar-refractivity contribution is 0.636. The van der Waals surface area contributed by atoms with Gasteiger partial charge in [-0.25, -0.2) is 20.3 Å². The van der Waals surface area contributed by atoms with E-state index in [9.17, 15) is 4.79 Å². The van der Waals surface area contributed by atoms with Crippen molar-refractivity contribution in [2.45, 2.75) is 6.54 Å². The number of rotatable bonds is 3. The highest BCUT2D eigenvalue weighted by Crippen LogP contribution is 2.03. The van der Waals surface area contributed by atoms with Gasteiger partial charge in [0, 0.05) is 7.05 Å². The van der Waals surface area contributed by atoms with E-state index in [-0.39, 0.29) is 5.69 Å². The first-order valence-corrected chi connectivity index (χ1v) is 4.71. The van der Waals surface area contributed by atoms with Crippen LogP contribution in [0.5, 0.6) is 0 Å². The van der Waals surface area contributed by atoms with Crippen LogP contribution in [-0.2, 0) is 13.6 Å². The minimum atomic E-state index is -0.173. The average Bonchev–Trinajstić information content (AvgIpc) is 2.61. The van der Waals surface area contributed by atoms with E-state index in [1.54, 1.807) is 13.1 Å². The second-order valence-corrected chi connectivity index (χ2v) is 3.34. The quantitative estimate of drug-likeness (QED) is 0.528. The summed E-state index contributed by atoms with van der Waals surface area (Å²) in [6.07, 6.45) is 1.47. The minimum absolute atomic E-state index is 0.173. The zero-order chi connectivity index (χ0) is 11.5. The van der Waals surface area contributed by atoms with E-state index in [2.05, 4.69) is 15.5 Å². The molecule has 0 aliphatic carbocycles. The molecule has 0 spiro atoms. The lowest BCUT2D eigenvalue weighted by Gasteiger charge is -2.02. The summed E-state index contributed by atoms with van der Waals surface area (Å²) < 4.78 is 2.74. The molecule has 7 nitrogen and oxygen atoms in total. The van der Waals surface area contributed by atoms with E-state index < -0.39 is 0 Å². The van der Waals surface area contributed by atoms with Crippen molar-refractivity contribution >= 4 is 5.82 Å². The number of nitrogens with zero attached hydrogens (tertiary/aromatic N) is 4. The lowest BCUT2D eigenvalue weighted by Crippen LogP contribution is -2.24. The molecule has 0 unspecified atom stereocenters. The fraction of sp³-hybridized carbons (Fsp3) is 0.222. The Balaban J connectivity index is 2.27. The Hall–Kier alpha value is -2.15. The fourth-order valence-corrected chi connectivity index (χ4v) is 1.33. The van der Waals surface area contributed by atoms with E-state index in [1.165, 1.54) is 15.6 Å². The number of hydrazine groups is 1. The molecular formula is C9H12N6O. The van der Waals surface area contributed by atoms with Crippen LogP contribution >= 0.6 is 0 Å². The molecule has 3 N–H and O–H groups in total. The first-order chi connectivity index (χ1) is 7.70. The molecule has 84 valence electrons. The van der Waals surface area contributed by atoms with Crippen LogP contribution in [0.4, 0.5) is 5.82 Å². The molecule has 0 saturated carbocycles. The highest BCUT2D eigenvalue weighted by atomic mass is 16.2. The van der Waals surface area contributed by atoms with E-state index in [0.717, 1.165) is 5.69 Å². The Morgan fingerprint density at radius 1 is 1.50 bits per heavy atom.